The number of carbonyl (C=O) groups excluding carboxylic acids is 2. The van der Waals surface area contributed by atoms with Gasteiger partial charge in [-0.1, -0.05) is 6.07 Å². The first kappa shape index (κ1) is 19.1. The Balaban J connectivity index is 1.47. The molecule has 9 nitrogen and oxygen atoms in total. The number of amides is 3. The zero-order chi connectivity index (χ0) is 21.8. The van der Waals surface area contributed by atoms with E-state index in [1.807, 2.05) is 13.0 Å². The molecular weight excluding hydrogens is 400 g/mol. The molecule has 4 heterocycles. The van der Waals surface area contributed by atoms with Gasteiger partial charge in [-0.25, -0.2) is 9.78 Å². The van der Waals surface area contributed by atoms with Crippen molar-refractivity contribution in [1.29, 1.82) is 0 Å². The molecule has 2 aliphatic heterocycles. The molecule has 3 aromatic rings. The lowest BCUT2D eigenvalue weighted by Gasteiger charge is -2.25. The van der Waals surface area contributed by atoms with Crippen LogP contribution in [0.15, 0.2) is 47.4 Å². The van der Waals surface area contributed by atoms with Crippen molar-refractivity contribution in [1.82, 2.24) is 19.6 Å². The van der Waals surface area contributed by atoms with Gasteiger partial charge in [0.25, 0.3) is 11.5 Å². The zero-order valence-corrected chi connectivity index (χ0v) is 17.0. The number of ether oxygens (including phenoxy) is 2. The lowest BCUT2D eigenvalue weighted by Crippen LogP contribution is -2.41. The van der Waals surface area contributed by atoms with E-state index in [1.54, 1.807) is 37.4 Å². The average molecular weight is 420 g/mol. The second-order valence-electron chi connectivity index (χ2n) is 7.82. The van der Waals surface area contributed by atoms with E-state index in [1.165, 1.54) is 10.5 Å². The van der Waals surface area contributed by atoms with Gasteiger partial charge in [-0.3, -0.25) is 18.9 Å². The van der Waals surface area contributed by atoms with Crippen molar-refractivity contribution in [2.24, 2.45) is 0 Å². The van der Waals surface area contributed by atoms with Crippen LogP contribution in [0.1, 0.15) is 23.7 Å². The molecule has 0 bridgehead atoms. The molecule has 2 aromatic heterocycles. The molecule has 1 atom stereocenters. The fourth-order valence-corrected chi connectivity index (χ4v) is 3.89. The number of hydrogen-bond acceptors (Lipinski definition) is 6. The lowest BCUT2D eigenvalue weighted by atomic mass is 9.91. The van der Waals surface area contributed by atoms with Crippen LogP contribution in [0.3, 0.4) is 0 Å². The highest BCUT2D eigenvalue weighted by atomic mass is 16.6. The number of urea groups is 1. The fraction of sp³-hybridized carbons (Fsp3) is 0.273. The smallest absolute Gasteiger partial charge is 0.325 e. The first-order valence-electron chi connectivity index (χ1n) is 9.88. The number of carbonyl (C=O) groups is 2. The van der Waals surface area contributed by atoms with E-state index in [9.17, 15) is 14.4 Å². The first-order valence-corrected chi connectivity index (χ1v) is 9.88. The Morgan fingerprint density at radius 1 is 1.06 bits per heavy atom. The monoisotopic (exact) mass is 420 g/mol. The Hall–Kier alpha value is -3.88. The molecule has 0 aliphatic carbocycles. The second-order valence-corrected chi connectivity index (χ2v) is 7.82. The van der Waals surface area contributed by atoms with Crippen molar-refractivity contribution >= 4 is 17.6 Å². The molecule has 0 spiro atoms. The summed E-state index contributed by atoms with van der Waals surface area (Å²) >= 11 is 0. The molecule has 9 heteroatoms. The number of aryl methyl sites for hydroxylation is 1. The topological polar surface area (TPSA) is 102 Å². The number of fused-ring (bicyclic) bond motifs is 2. The highest BCUT2D eigenvalue weighted by Gasteiger charge is 2.49. The number of benzene rings is 1. The van der Waals surface area contributed by atoms with Gasteiger partial charge in [0.05, 0.1) is 12.2 Å². The van der Waals surface area contributed by atoms with E-state index in [0.717, 1.165) is 10.5 Å². The molecule has 1 fully saturated rings. The van der Waals surface area contributed by atoms with Gasteiger partial charge >= 0.3 is 6.03 Å². The fourth-order valence-electron chi connectivity index (χ4n) is 3.89. The Labute approximate surface area is 177 Å². The van der Waals surface area contributed by atoms with E-state index in [-0.39, 0.29) is 12.1 Å². The molecule has 1 N–H and O–H groups in total. The Kier molecular flexibility index (Phi) is 4.21. The predicted molar refractivity (Wildman–Crippen MR) is 110 cm³/mol. The zero-order valence-electron chi connectivity index (χ0n) is 17.0. The van der Waals surface area contributed by atoms with Gasteiger partial charge in [-0.15, -0.1) is 0 Å². The molecule has 5 rings (SSSR count). The number of nitrogens with zero attached hydrogens (tertiary/aromatic N) is 3. The third kappa shape index (κ3) is 3.09. The number of imide groups is 1. The van der Waals surface area contributed by atoms with Crippen molar-refractivity contribution in [2.75, 3.05) is 13.2 Å². The van der Waals surface area contributed by atoms with Gasteiger partial charge in [0.15, 0.2) is 11.5 Å². The van der Waals surface area contributed by atoms with Gasteiger partial charge in [0.2, 0.25) is 0 Å². The molecule has 1 aromatic carbocycles. The lowest BCUT2D eigenvalue weighted by molar-refractivity contribution is -0.131. The average Bonchev–Trinajstić information content (AvgIpc) is 2.97. The van der Waals surface area contributed by atoms with Crippen LogP contribution >= 0.6 is 0 Å². The van der Waals surface area contributed by atoms with Crippen molar-refractivity contribution in [3.63, 3.8) is 0 Å². The third-order valence-electron chi connectivity index (χ3n) is 5.59. The first-order chi connectivity index (χ1) is 14.8. The van der Waals surface area contributed by atoms with Gasteiger partial charge in [0.1, 0.15) is 24.4 Å². The molecule has 0 unspecified atom stereocenters. The summed E-state index contributed by atoms with van der Waals surface area (Å²) in [7, 11) is 0. The summed E-state index contributed by atoms with van der Waals surface area (Å²) in [6.07, 6.45) is 1.65. The minimum atomic E-state index is -1.27. The largest absolute Gasteiger partial charge is 0.486 e. The van der Waals surface area contributed by atoms with Crippen LogP contribution in [0.2, 0.25) is 0 Å². The standard InChI is InChI=1S/C22H20N4O5/c1-13-5-6-25-18(9-13)23-15(11-19(25)27)12-26-20(28)22(2,24-21(26)29)14-3-4-16-17(10-14)31-8-7-30-16/h3-6,9-11H,7-8,12H2,1-2H3,(H,24,29)/t22-/m1/s1. The van der Waals surface area contributed by atoms with Crippen LogP contribution in [-0.2, 0) is 16.9 Å². The molecule has 0 saturated carbocycles. The van der Waals surface area contributed by atoms with Crippen LogP contribution < -0.4 is 20.3 Å². The predicted octanol–water partition coefficient (Wildman–Crippen LogP) is 1.74. The molecule has 0 radical (unpaired) electrons. The summed E-state index contributed by atoms with van der Waals surface area (Å²) in [5, 5.41) is 2.76. The van der Waals surface area contributed by atoms with E-state index in [4.69, 9.17) is 9.47 Å². The van der Waals surface area contributed by atoms with E-state index in [0.29, 0.717) is 41.6 Å². The van der Waals surface area contributed by atoms with Gasteiger partial charge in [-0.2, -0.15) is 0 Å². The summed E-state index contributed by atoms with van der Waals surface area (Å²) in [6, 6.07) is 9.54. The third-order valence-corrected chi connectivity index (χ3v) is 5.59. The number of hydrogen-bond donors (Lipinski definition) is 1. The van der Waals surface area contributed by atoms with Crippen LogP contribution in [-0.4, -0.2) is 39.4 Å². The maximum atomic E-state index is 13.3. The normalized spacial score (nSPS) is 20.3. The SMILES string of the molecule is Cc1ccn2c(=O)cc(CN3C(=O)N[C@](C)(c4ccc5c(c4)OCCO5)C3=O)nc2c1. The minimum Gasteiger partial charge on any atom is -0.486 e. The van der Waals surface area contributed by atoms with Crippen molar-refractivity contribution in [3.8, 4) is 11.5 Å². The van der Waals surface area contributed by atoms with Crippen LogP contribution in [0, 0.1) is 6.92 Å². The second kappa shape index (κ2) is 6.83. The molecule has 2 aliphatic rings. The molecule has 158 valence electrons. The number of aromatic nitrogens is 2. The van der Waals surface area contributed by atoms with E-state index < -0.39 is 17.5 Å². The summed E-state index contributed by atoms with van der Waals surface area (Å²) in [6.45, 7) is 4.32. The molecule has 31 heavy (non-hydrogen) atoms. The molecule has 1 saturated heterocycles. The Bertz CT molecular complexity index is 1300. The molecular formula is C22H20N4O5. The van der Waals surface area contributed by atoms with Crippen LogP contribution in [0.5, 0.6) is 11.5 Å². The van der Waals surface area contributed by atoms with Crippen molar-refractivity contribution in [3.05, 3.63) is 69.8 Å². The van der Waals surface area contributed by atoms with E-state index >= 15 is 0 Å². The Morgan fingerprint density at radius 2 is 1.84 bits per heavy atom. The summed E-state index contributed by atoms with van der Waals surface area (Å²) in [4.78, 5) is 43.9. The maximum Gasteiger partial charge on any atom is 0.325 e. The van der Waals surface area contributed by atoms with Crippen LogP contribution in [0.25, 0.3) is 5.65 Å². The summed E-state index contributed by atoms with van der Waals surface area (Å²) < 4.78 is 12.6. The number of rotatable bonds is 3. The van der Waals surface area contributed by atoms with Gasteiger partial charge in [-0.05, 0) is 49.2 Å². The summed E-state index contributed by atoms with van der Waals surface area (Å²) in [5.41, 5.74) is 0.788. The van der Waals surface area contributed by atoms with Crippen LogP contribution in [0.4, 0.5) is 4.79 Å². The number of nitrogens with one attached hydrogen (secondary N) is 1. The highest BCUT2D eigenvalue weighted by molar-refractivity contribution is 6.07. The quantitative estimate of drug-likeness (QED) is 0.648. The van der Waals surface area contributed by atoms with Crippen molar-refractivity contribution in [2.45, 2.75) is 25.9 Å². The minimum absolute atomic E-state index is 0.107. The molecule has 3 amide bonds. The van der Waals surface area contributed by atoms with Gasteiger partial charge < -0.3 is 14.8 Å². The maximum absolute atomic E-state index is 13.3. The number of pyridine rings is 1. The Morgan fingerprint density at radius 3 is 2.65 bits per heavy atom. The summed E-state index contributed by atoms with van der Waals surface area (Å²) in [5.74, 6) is 0.703. The van der Waals surface area contributed by atoms with Crippen molar-refractivity contribution < 1.29 is 19.1 Å². The van der Waals surface area contributed by atoms with Gasteiger partial charge in [0, 0.05) is 12.3 Å². The highest BCUT2D eigenvalue weighted by Crippen LogP contribution is 2.37. The van der Waals surface area contributed by atoms with E-state index in [2.05, 4.69) is 10.3 Å².